The van der Waals surface area contributed by atoms with E-state index in [0.29, 0.717) is 23.3 Å². The largest absolute Gasteiger partial charge is 0.496 e. The van der Waals surface area contributed by atoms with Gasteiger partial charge in [0.15, 0.2) is 5.82 Å². The maximum atomic E-state index is 11.0. The number of likely N-dealkylation sites (N-methyl/N-ethyl adjacent to an activating group) is 1. The molecule has 9 nitrogen and oxygen atoms in total. The quantitative estimate of drug-likeness (QED) is 0.371. The molecule has 0 saturated heterocycles. The van der Waals surface area contributed by atoms with Crippen LogP contribution in [0, 0.1) is 5.92 Å². The van der Waals surface area contributed by atoms with Gasteiger partial charge in [0.25, 0.3) is 0 Å². The van der Waals surface area contributed by atoms with E-state index in [-0.39, 0.29) is 12.0 Å². The topological polar surface area (TPSA) is 108 Å². The van der Waals surface area contributed by atoms with Crippen LogP contribution in [0.25, 0.3) is 0 Å². The molecule has 3 N–H and O–H groups in total. The number of methoxy groups -OCH3 is 1. The van der Waals surface area contributed by atoms with Gasteiger partial charge in [0.2, 0.25) is 16.8 Å². The number of fused-ring (bicyclic) bond motifs is 1. The number of rotatable bonds is 9. The lowest BCUT2D eigenvalue weighted by atomic mass is 9.84. The number of ether oxygens (including phenoxy) is 1. The average Bonchev–Trinajstić information content (AvgIpc) is 3.09. The molecule has 0 spiro atoms. The number of nitrogens with zero attached hydrogens (tertiary/aromatic N) is 3. The number of hydrogen-bond donors (Lipinski definition) is 4. The highest BCUT2D eigenvalue weighted by molar-refractivity contribution is 7.70. The van der Waals surface area contributed by atoms with Gasteiger partial charge >= 0.3 is 0 Å². The van der Waals surface area contributed by atoms with Crippen LogP contribution in [0.5, 0.6) is 5.75 Å². The second-order valence-corrected chi connectivity index (χ2v) is 10.4. The van der Waals surface area contributed by atoms with Gasteiger partial charge in [-0.1, -0.05) is 31.4 Å². The summed E-state index contributed by atoms with van der Waals surface area (Å²) in [6.45, 7) is 5.63. The summed E-state index contributed by atoms with van der Waals surface area (Å²) in [6.07, 6.45) is 7.51. The molecule has 0 unspecified atom stereocenters. The summed E-state index contributed by atoms with van der Waals surface area (Å²) in [5, 5.41) is 7.32. The molecule has 1 aromatic carbocycles. The van der Waals surface area contributed by atoms with Crippen molar-refractivity contribution < 1.29 is 13.2 Å². The van der Waals surface area contributed by atoms with Gasteiger partial charge in [-0.25, -0.2) is 18.1 Å². The molecule has 35 heavy (non-hydrogen) atoms. The standard InChI is InChI=1S/C24H35ClN6O3S/c1-3-31-12-10-17-18(11-13-31)22(34-2)9-8-21(17)29-24-26-15-19(25)23(30-24)28-20-7-5-4-6-16(20)14-27-35(32)33/h8-9,15-16,20,35H,3-7,10-14H2,1-2H3,(H,27,32,33)(H2,26,28,29,30)/t16-,20-/m1/s1. The van der Waals surface area contributed by atoms with E-state index in [0.717, 1.165) is 69.6 Å². The lowest BCUT2D eigenvalue weighted by Gasteiger charge is -2.32. The minimum atomic E-state index is -2.61. The summed E-state index contributed by atoms with van der Waals surface area (Å²) in [5.74, 6) is 2.12. The molecule has 11 heteroatoms. The predicted octanol–water partition coefficient (Wildman–Crippen LogP) is 3.39. The third-order valence-corrected chi connectivity index (χ3v) is 7.83. The number of thiol groups is 1. The number of benzene rings is 1. The lowest BCUT2D eigenvalue weighted by molar-refractivity contribution is 0.302. The summed E-state index contributed by atoms with van der Waals surface area (Å²) in [6, 6.07) is 4.11. The van der Waals surface area contributed by atoms with Gasteiger partial charge in [0.1, 0.15) is 10.8 Å². The molecule has 0 radical (unpaired) electrons. The van der Waals surface area contributed by atoms with E-state index in [2.05, 4.69) is 32.2 Å². The maximum Gasteiger partial charge on any atom is 0.229 e. The van der Waals surface area contributed by atoms with E-state index in [4.69, 9.17) is 21.3 Å². The Labute approximate surface area is 214 Å². The summed E-state index contributed by atoms with van der Waals surface area (Å²) >= 11 is 6.45. The molecule has 0 amide bonds. The van der Waals surface area contributed by atoms with Crippen LogP contribution in [-0.4, -0.2) is 62.6 Å². The number of anilines is 3. The molecule has 2 heterocycles. The van der Waals surface area contributed by atoms with Gasteiger partial charge < -0.3 is 20.3 Å². The molecule has 1 saturated carbocycles. The Morgan fingerprint density at radius 2 is 1.94 bits per heavy atom. The Morgan fingerprint density at radius 3 is 2.69 bits per heavy atom. The van der Waals surface area contributed by atoms with Crippen LogP contribution in [0.4, 0.5) is 17.5 Å². The Morgan fingerprint density at radius 1 is 1.17 bits per heavy atom. The van der Waals surface area contributed by atoms with Crippen LogP contribution in [0.3, 0.4) is 0 Å². The summed E-state index contributed by atoms with van der Waals surface area (Å²) in [5.41, 5.74) is 3.44. The predicted molar refractivity (Wildman–Crippen MR) is 141 cm³/mol. The van der Waals surface area contributed by atoms with Gasteiger partial charge in [-0.15, -0.1) is 0 Å². The monoisotopic (exact) mass is 522 g/mol. The minimum Gasteiger partial charge on any atom is -0.496 e. The van der Waals surface area contributed by atoms with Crippen molar-refractivity contribution in [1.82, 2.24) is 19.6 Å². The summed E-state index contributed by atoms with van der Waals surface area (Å²) in [4.78, 5) is 11.6. The fourth-order valence-corrected chi connectivity index (χ4v) is 5.69. The van der Waals surface area contributed by atoms with Crippen LogP contribution in [-0.2, 0) is 23.7 Å². The van der Waals surface area contributed by atoms with Crippen molar-refractivity contribution >= 4 is 39.9 Å². The SMILES string of the molecule is CCN1CCc2c(Nc3ncc(Cl)c(N[C@@H]4CCCC[C@@H]4CN[SH](=O)=O)n3)ccc(OC)c2CC1. The first kappa shape index (κ1) is 25.9. The van der Waals surface area contributed by atoms with Crippen molar-refractivity contribution in [2.75, 3.05) is 43.9 Å². The Bertz CT molecular complexity index is 1090. The van der Waals surface area contributed by atoms with E-state index in [1.807, 2.05) is 12.1 Å². The van der Waals surface area contributed by atoms with Crippen LogP contribution in [0.15, 0.2) is 18.3 Å². The smallest absolute Gasteiger partial charge is 0.229 e. The second-order valence-electron chi connectivity index (χ2n) is 9.14. The van der Waals surface area contributed by atoms with Gasteiger partial charge in [-0.3, -0.25) is 0 Å². The first-order chi connectivity index (χ1) is 17.0. The van der Waals surface area contributed by atoms with Crippen molar-refractivity contribution in [3.8, 4) is 5.75 Å². The molecule has 0 bridgehead atoms. The van der Waals surface area contributed by atoms with Crippen molar-refractivity contribution in [1.29, 1.82) is 0 Å². The zero-order valence-electron chi connectivity index (χ0n) is 20.3. The normalized spacial score (nSPS) is 20.8. The average molecular weight is 523 g/mol. The molecule has 1 aliphatic heterocycles. The lowest BCUT2D eigenvalue weighted by Crippen LogP contribution is -2.38. The van der Waals surface area contributed by atoms with Crippen molar-refractivity contribution in [3.05, 3.63) is 34.5 Å². The molecule has 1 aromatic heterocycles. The number of aromatic nitrogens is 2. The van der Waals surface area contributed by atoms with E-state index < -0.39 is 10.9 Å². The Balaban J connectivity index is 1.55. The van der Waals surface area contributed by atoms with Crippen LogP contribution >= 0.6 is 11.6 Å². The van der Waals surface area contributed by atoms with Crippen LogP contribution in [0.1, 0.15) is 43.7 Å². The summed E-state index contributed by atoms with van der Waals surface area (Å²) in [7, 11) is -0.892. The number of hydrogen-bond acceptors (Lipinski definition) is 8. The zero-order chi connectivity index (χ0) is 24.8. The van der Waals surface area contributed by atoms with E-state index in [9.17, 15) is 8.42 Å². The fraction of sp³-hybridized carbons (Fsp3) is 0.583. The molecular weight excluding hydrogens is 488 g/mol. The van der Waals surface area contributed by atoms with E-state index in [1.165, 1.54) is 11.1 Å². The van der Waals surface area contributed by atoms with Crippen LogP contribution < -0.4 is 20.1 Å². The van der Waals surface area contributed by atoms with Gasteiger partial charge in [-0.05, 0) is 55.8 Å². The molecule has 1 fully saturated rings. The van der Waals surface area contributed by atoms with Gasteiger partial charge in [0, 0.05) is 36.9 Å². The molecule has 2 aliphatic rings. The first-order valence-corrected chi connectivity index (χ1v) is 13.9. The highest BCUT2D eigenvalue weighted by atomic mass is 35.5. The van der Waals surface area contributed by atoms with Gasteiger partial charge in [0.05, 0.1) is 13.3 Å². The first-order valence-electron chi connectivity index (χ1n) is 12.3. The Hall–Kier alpha value is -2.14. The third kappa shape index (κ3) is 6.55. The number of nitrogens with one attached hydrogen (secondary N) is 3. The van der Waals surface area contributed by atoms with Crippen molar-refractivity contribution in [3.63, 3.8) is 0 Å². The highest BCUT2D eigenvalue weighted by Gasteiger charge is 2.26. The molecule has 2 aromatic rings. The van der Waals surface area contributed by atoms with E-state index in [1.54, 1.807) is 13.3 Å². The maximum absolute atomic E-state index is 11.0. The zero-order valence-corrected chi connectivity index (χ0v) is 22.0. The van der Waals surface area contributed by atoms with Crippen LogP contribution in [0.2, 0.25) is 5.02 Å². The third-order valence-electron chi connectivity index (χ3n) is 7.12. The molecule has 1 aliphatic carbocycles. The molecule has 4 rings (SSSR count). The highest BCUT2D eigenvalue weighted by Crippen LogP contribution is 2.34. The second kappa shape index (κ2) is 12.2. The number of halogens is 1. The molecule has 2 atom stereocenters. The fourth-order valence-electron chi connectivity index (χ4n) is 5.17. The van der Waals surface area contributed by atoms with E-state index >= 15 is 0 Å². The minimum absolute atomic E-state index is 0.0868. The van der Waals surface area contributed by atoms with Crippen molar-refractivity contribution in [2.45, 2.75) is 51.5 Å². The van der Waals surface area contributed by atoms with Gasteiger partial charge in [-0.2, -0.15) is 4.98 Å². The summed E-state index contributed by atoms with van der Waals surface area (Å²) < 4.78 is 30.3. The molecule has 192 valence electrons. The van der Waals surface area contributed by atoms with Crippen molar-refractivity contribution in [2.24, 2.45) is 5.92 Å². The molecular formula is C24H35ClN6O3S. The Kier molecular flexibility index (Phi) is 9.04.